The molecule has 0 fully saturated rings. The van der Waals surface area contributed by atoms with E-state index in [1.165, 1.54) is 16.9 Å². The fraction of sp³-hybridized carbons (Fsp3) is 0.333. The van der Waals surface area contributed by atoms with Crippen LogP contribution in [-0.2, 0) is 17.8 Å². The number of nitrogens with zero attached hydrogens (tertiary/aromatic N) is 3. The standard InChI is InChI=1S/C15H17N5O3/c16-11-4-5-12-10(8-11)2-1-3-13(12)17-15(21)9-19-7-6-14(18-19)20(22)23/h4-8,13H,1-3,9,16H2,(H,17,21). The van der Waals surface area contributed by atoms with Crippen molar-refractivity contribution < 1.29 is 9.72 Å². The van der Waals surface area contributed by atoms with Gasteiger partial charge in [0, 0.05) is 5.69 Å². The van der Waals surface area contributed by atoms with E-state index in [-0.39, 0.29) is 24.3 Å². The van der Waals surface area contributed by atoms with Gasteiger partial charge >= 0.3 is 5.82 Å². The zero-order valence-electron chi connectivity index (χ0n) is 12.4. The van der Waals surface area contributed by atoms with Crippen LogP contribution in [0.5, 0.6) is 0 Å². The Morgan fingerprint density at radius 2 is 2.30 bits per heavy atom. The number of amides is 1. The van der Waals surface area contributed by atoms with Crippen LogP contribution < -0.4 is 11.1 Å². The first-order valence-corrected chi connectivity index (χ1v) is 7.38. The number of hydrogen-bond acceptors (Lipinski definition) is 5. The lowest BCUT2D eigenvalue weighted by molar-refractivity contribution is -0.389. The van der Waals surface area contributed by atoms with Gasteiger partial charge in [-0.15, -0.1) is 0 Å². The average Bonchev–Trinajstić information content (AvgIpc) is 2.95. The first kappa shape index (κ1) is 15.0. The van der Waals surface area contributed by atoms with Crippen molar-refractivity contribution in [3.05, 3.63) is 51.7 Å². The number of anilines is 1. The number of fused-ring (bicyclic) bond motifs is 1. The second-order valence-electron chi connectivity index (χ2n) is 5.60. The van der Waals surface area contributed by atoms with Crippen LogP contribution in [0.25, 0.3) is 0 Å². The highest BCUT2D eigenvalue weighted by molar-refractivity contribution is 5.76. The number of nitrogens with two attached hydrogens (primary N) is 1. The van der Waals surface area contributed by atoms with Gasteiger partial charge in [-0.3, -0.25) is 4.79 Å². The van der Waals surface area contributed by atoms with Crippen molar-refractivity contribution in [2.24, 2.45) is 0 Å². The van der Waals surface area contributed by atoms with Gasteiger partial charge in [0.05, 0.1) is 23.4 Å². The van der Waals surface area contributed by atoms with Crippen molar-refractivity contribution in [1.82, 2.24) is 15.1 Å². The van der Waals surface area contributed by atoms with Crippen molar-refractivity contribution in [3.8, 4) is 0 Å². The molecule has 0 aliphatic heterocycles. The van der Waals surface area contributed by atoms with Crippen LogP contribution in [0, 0.1) is 10.1 Å². The van der Waals surface area contributed by atoms with E-state index in [0.29, 0.717) is 0 Å². The van der Waals surface area contributed by atoms with Crippen LogP contribution in [-0.4, -0.2) is 20.6 Å². The van der Waals surface area contributed by atoms with Crippen molar-refractivity contribution in [2.45, 2.75) is 31.8 Å². The summed E-state index contributed by atoms with van der Waals surface area (Å²) in [4.78, 5) is 22.2. The molecule has 2 aromatic rings. The summed E-state index contributed by atoms with van der Waals surface area (Å²) in [5.41, 5.74) is 8.78. The lowest BCUT2D eigenvalue weighted by Crippen LogP contribution is -2.33. The fourth-order valence-electron chi connectivity index (χ4n) is 2.91. The summed E-state index contributed by atoms with van der Waals surface area (Å²) in [7, 11) is 0. The molecule has 23 heavy (non-hydrogen) atoms. The minimum Gasteiger partial charge on any atom is -0.399 e. The monoisotopic (exact) mass is 315 g/mol. The summed E-state index contributed by atoms with van der Waals surface area (Å²) >= 11 is 0. The third-order valence-corrected chi connectivity index (χ3v) is 3.94. The van der Waals surface area contributed by atoms with Crippen LogP contribution in [0.1, 0.15) is 30.0 Å². The average molecular weight is 315 g/mol. The number of carbonyl (C=O) groups is 1. The van der Waals surface area contributed by atoms with Gasteiger partial charge < -0.3 is 21.2 Å². The maximum Gasteiger partial charge on any atom is 0.389 e. The van der Waals surface area contributed by atoms with Crippen molar-refractivity contribution in [1.29, 1.82) is 0 Å². The Balaban J connectivity index is 1.68. The van der Waals surface area contributed by atoms with Crippen LogP contribution in [0.15, 0.2) is 30.5 Å². The quantitative estimate of drug-likeness (QED) is 0.504. The third-order valence-electron chi connectivity index (χ3n) is 3.94. The number of hydrogen-bond donors (Lipinski definition) is 2. The predicted molar refractivity (Wildman–Crippen MR) is 83.6 cm³/mol. The van der Waals surface area contributed by atoms with Gasteiger partial charge in [-0.1, -0.05) is 6.07 Å². The zero-order chi connectivity index (χ0) is 16.4. The Morgan fingerprint density at radius 3 is 3.04 bits per heavy atom. The molecule has 0 saturated heterocycles. The normalized spacial score (nSPS) is 16.6. The largest absolute Gasteiger partial charge is 0.399 e. The molecule has 1 heterocycles. The van der Waals surface area contributed by atoms with E-state index < -0.39 is 4.92 Å². The topological polar surface area (TPSA) is 116 Å². The highest BCUT2D eigenvalue weighted by Crippen LogP contribution is 2.30. The first-order valence-electron chi connectivity index (χ1n) is 7.38. The van der Waals surface area contributed by atoms with Gasteiger partial charge in [0.1, 0.15) is 6.54 Å². The molecule has 0 spiro atoms. The first-order chi connectivity index (χ1) is 11.0. The molecular formula is C15H17N5O3. The molecule has 8 heteroatoms. The smallest absolute Gasteiger partial charge is 0.389 e. The van der Waals surface area contributed by atoms with Gasteiger partial charge in [0.2, 0.25) is 5.91 Å². The number of aromatic nitrogens is 2. The molecule has 0 saturated carbocycles. The maximum absolute atomic E-state index is 12.2. The van der Waals surface area contributed by atoms with Crippen LogP contribution >= 0.6 is 0 Å². The van der Waals surface area contributed by atoms with E-state index in [0.717, 1.165) is 36.1 Å². The third kappa shape index (κ3) is 3.31. The molecule has 1 aromatic heterocycles. The summed E-state index contributed by atoms with van der Waals surface area (Å²) in [6.07, 6.45) is 4.22. The van der Waals surface area contributed by atoms with Gasteiger partial charge in [0.15, 0.2) is 0 Å². The number of carbonyl (C=O) groups excluding carboxylic acids is 1. The second-order valence-corrected chi connectivity index (χ2v) is 5.60. The Bertz CT molecular complexity index is 755. The number of aryl methyl sites for hydroxylation is 1. The van der Waals surface area contributed by atoms with E-state index in [1.54, 1.807) is 0 Å². The van der Waals surface area contributed by atoms with E-state index in [1.807, 2.05) is 18.2 Å². The van der Waals surface area contributed by atoms with E-state index in [2.05, 4.69) is 10.4 Å². The predicted octanol–water partition coefficient (Wildman–Crippen LogP) is 1.57. The van der Waals surface area contributed by atoms with Gasteiger partial charge in [0.25, 0.3) is 0 Å². The van der Waals surface area contributed by atoms with Crippen molar-refractivity contribution in [3.63, 3.8) is 0 Å². The molecule has 8 nitrogen and oxygen atoms in total. The number of rotatable bonds is 4. The number of benzene rings is 1. The summed E-state index contributed by atoms with van der Waals surface area (Å²) in [5.74, 6) is -0.492. The molecule has 0 radical (unpaired) electrons. The molecule has 1 atom stereocenters. The SMILES string of the molecule is Nc1ccc2c(c1)CCCC2NC(=O)Cn1ccc([N+](=O)[O-])n1. The fourth-order valence-corrected chi connectivity index (χ4v) is 2.91. The molecular weight excluding hydrogens is 298 g/mol. The number of nitrogens with one attached hydrogen (secondary N) is 1. The maximum atomic E-state index is 12.2. The zero-order valence-corrected chi connectivity index (χ0v) is 12.4. The summed E-state index contributed by atoms with van der Waals surface area (Å²) < 4.78 is 1.26. The number of nitro groups is 1. The molecule has 1 unspecified atom stereocenters. The van der Waals surface area contributed by atoms with Gasteiger partial charge in [-0.2, -0.15) is 4.68 Å². The van der Waals surface area contributed by atoms with E-state index in [9.17, 15) is 14.9 Å². The Morgan fingerprint density at radius 1 is 1.48 bits per heavy atom. The van der Waals surface area contributed by atoms with Crippen LogP contribution in [0.3, 0.4) is 0 Å². The minimum absolute atomic E-state index is 0.0470. The van der Waals surface area contributed by atoms with E-state index in [4.69, 9.17) is 5.73 Å². The van der Waals surface area contributed by atoms with Crippen LogP contribution in [0.2, 0.25) is 0 Å². The van der Waals surface area contributed by atoms with E-state index >= 15 is 0 Å². The summed E-state index contributed by atoms with van der Waals surface area (Å²) in [5, 5.41) is 17.3. The minimum atomic E-state index is -0.587. The molecule has 3 rings (SSSR count). The summed E-state index contributed by atoms with van der Waals surface area (Å²) in [6.45, 7) is -0.0470. The molecule has 0 bridgehead atoms. The molecule has 1 aliphatic carbocycles. The lowest BCUT2D eigenvalue weighted by atomic mass is 9.87. The molecule has 1 aromatic carbocycles. The highest BCUT2D eigenvalue weighted by atomic mass is 16.6. The lowest BCUT2D eigenvalue weighted by Gasteiger charge is -2.26. The molecule has 1 amide bonds. The van der Waals surface area contributed by atoms with Crippen LogP contribution in [0.4, 0.5) is 11.5 Å². The Kier molecular flexibility index (Phi) is 3.96. The highest BCUT2D eigenvalue weighted by Gasteiger charge is 2.22. The van der Waals surface area contributed by atoms with Gasteiger partial charge in [-0.25, -0.2) is 0 Å². The summed E-state index contributed by atoms with van der Waals surface area (Å²) in [6, 6.07) is 6.95. The Labute approximate surface area is 132 Å². The molecule has 1 aliphatic rings. The number of nitrogen functional groups attached to an aromatic ring is 1. The van der Waals surface area contributed by atoms with Gasteiger partial charge in [-0.05, 0) is 47.4 Å². The van der Waals surface area contributed by atoms with Crippen molar-refractivity contribution in [2.75, 3.05) is 5.73 Å². The Hall–Kier alpha value is -2.90. The molecule has 3 N–H and O–H groups in total. The van der Waals surface area contributed by atoms with Crippen molar-refractivity contribution >= 4 is 17.4 Å². The molecule has 120 valence electrons. The second kappa shape index (κ2) is 6.07.